The van der Waals surface area contributed by atoms with E-state index in [0.717, 1.165) is 5.56 Å². The van der Waals surface area contributed by atoms with Crippen LogP contribution in [-0.2, 0) is 16.1 Å². The molecule has 0 aromatic carbocycles. The van der Waals surface area contributed by atoms with Crippen molar-refractivity contribution in [2.24, 2.45) is 5.92 Å². The Morgan fingerprint density at radius 2 is 2.22 bits per heavy atom. The van der Waals surface area contributed by atoms with Crippen molar-refractivity contribution in [1.82, 2.24) is 9.88 Å². The number of carbonyl (C=O) groups is 2. The average molecular weight is 248 g/mol. The fraction of sp³-hybridized carbons (Fsp3) is 0.462. The lowest BCUT2D eigenvalue weighted by molar-refractivity contribution is -0.147. The molecule has 0 N–H and O–H groups in total. The van der Waals surface area contributed by atoms with E-state index in [9.17, 15) is 9.59 Å². The highest BCUT2D eigenvalue weighted by Gasteiger charge is 2.39. The minimum Gasteiger partial charge on any atom is -0.467 e. The van der Waals surface area contributed by atoms with Gasteiger partial charge in [0.1, 0.15) is 11.7 Å². The Bertz CT molecular complexity index is 485. The number of nitrogens with zero attached hydrogens (tertiary/aromatic N) is 2. The SMILES string of the molecule is COC(=O)C(C(C)C)N1Cc2cccnc2C1=O. The van der Waals surface area contributed by atoms with Crippen molar-refractivity contribution in [3.63, 3.8) is 0 Å². The number of esters is 1. The maximum atomic E-state index is 12.2. The van der Waals surface area contributed by atoms with Crippen molar-refractivity contribution < 1.29 is 14.3 Å². The van der Waals surface area contributed by atoms with Gasteiger partial charge in [-0.15, -0.1) is 0 Å². The van der Waals surface area contributed by atoms with Gasteiger partial charge in [-0.1, -0.05) is 19.9 Å². The molecule has 2 rings (SSSR count). The van der Waals surface area contributed by atoms with Gasteiger partial charge in [0.15, 0.2) is 0 Å². The van der Waals surface area contributed by atoms with Gasteiger partial charge in [0, 0.05) is 18.3 Å². The molecule has 18 heavy (non-hydrogen) atoms. The van der Waals surface area contributed by atoms with Crippen LogP contribution in [0.4, 0.5) is 0 Å². The number of rotatable bonds is 3. The summed E-state index contributed by atoms with van der Waals surface area (Å²) in [6.07, 6.45) is 1.59. The highest BCUT2D eigenvalue weighted by atomic mass is 16.5. The zero-order valence-electron chi connectivity index (χ0n) is 10.7. The van der Waals surface area contributed by atoms with E-state index < -0.39 is 6.04 Å². The van der Waals surface area contributed by atoms with Crippen LogP contribution in [0.25, 0.3) is 0 Å². The van der Waals surface area contributed by atoms with Crippen molar-refractivity contribution in [3.05, 3.63) is 29.6 Å². The monoisotopic (exact) mass is 248 g/mol. The van der Waals surface area contributed by atoms with Crippen LogP contribution in [0.15, 0.2) is 18.3 Å². The third-order valence-corrected chi connectivity index (χ3v) is 3.11. The number of ether oxygens (including phenoxy) is 1. The second-order valence-electron chi connectivity index (χ2n) is 4.66. The van der Waals surface area contributed by atoms with Crippen LogP contribution < -0.4 is 0 Å². The molecule has 0 bridgehead atoms. The molecule has 96 valence electrons. The maximum absolute atomic E-state index is 12.2. The van der Waals surface area contributed by atoms with Crippen LogP contribution >= 0.6 is 0 Å². The van der Waals surface area contributed by atoms with E-state index in [1.807, 2.05) is 19.9 Å². The molecule has 0 fully saturated rings. The molecule has 0 aliphatic carbocycles. The second-order valence-corrected chi connectivity index (χ2v) is 4.66. The van der Waals surface area contributed by atoms with Crippen molar-refractivity contribution in [1.29, 1.82) is 0 Å². The largest absolute Gasteiger partial charge is 0.467 e. The average Bonchev–Trinajstić information content (AvgIpc) is 2.67. The number of pyridine rings is 1. The lowest BCUT2D eigenvalue weighted by Crippen LogP contribution is -2.45. The lowest BCUT2D eigenvalue weighted by Gasteiger charge is -2.28. The van der Waals surface area contributed by atoms with Gasteiger partial charge < -0.3 is 9.64 Å². The molecule has 1 aliphatic heterocycles. The summed E-state index contributed by atoms with van der Waals surface area (Å²) in [7, 11) is 1.34. The zero-order valence-corrected chi connectivity index (χ0v) is 10.7. The van der Waals surface area contributed by atoms with Crippen LogP contribution in [0.5, 0.6) is 0 Å². The van der Waals surface area contributed by atoms with E-state index in [0.29, 0.717) is 12.2 Å². The second kappa shape index (κ2) is 4.76. The molecule has 1 aromatic heterocycles. The quantitative estimate of drug-likeness (QED) is 0.755. The van der Waals surface area contributed by atoms with Gasteiger partial charge in [-0.25, -0.2) is 4.79 Å². The van der Waals surface area contributed by atoms with Gasteiger partial charge in [0.2, 0.25) is 0 Å². The molecule has 1 unspecified atom stereocenters. The summed E-state index contributed by atoms with van der Waals surface area (Å²) in [6, 6.07) is 3.09. The van der Waals surface area contributed by atoms with Crippen molar-refractivity contribution in [2.45, 2.75) is 26.4 Å². The van der Waals surface area contributed by atoms with Gasteiger partial charge in [0.05, 0.1) is 7.11 Å². The zero-order chi connectivity index (χ0) is 13.3. The summed E-state index contributed by atoms with van der Waals surface area (Å²) in [4.78, 5) is 29.6. The van der Waals surface area contributed by atoms with Crippen LogP contribution in [0.1, 0.15) is 29.9 Å². The fourth-order valence-electron chi connectivity index (χ4n) is 2.25. The molecule has 1 aliphatic rings. The Morgan fingerprint density at radius 3 is 2.78 bits per heavy atom. The van der Waals surface area contributed by atoms with Crippen molar-refractivity contribution >= 4 is 11.9 Å². The number of carbonyl (C=O) groups excluding carboxylic acids is 2. The number of hydrogen-bond acceptors (Lipinski definition) is 4. The molecule has 2 heterocycles. The summed E-state index contributed by atoms with van der Waals surface area (Å²) in [5, 5.41) is 0. The smallest absolute Gasteiger partial charge is 0.328 e. The van der Waals surface area contributed by atoms with Gasteiger partial charge >= 0.3 is 5.97 Å². The van der Waals surface area contributed by atoms with Crippen LogP contribution in [0.3, 0.4) is 0 Å². The molecule has 1 amide bonds. The number of aromatic nitrogens is 1. The molecule has 0 saturated heterocycles. The Balaban J connectivity index is 2.31. The van der Waals surface area contributed by atoms with E-state index in [-0.39, 0.29) is 17.8 Å². The van der Waals surface area contributed by atoms with E-state index in [4.69, 9.17) is 4.74 Å². The number of fused-ring (bicyclic) bond motifs is 1. The number of amides is 1. The Morgan fingerprint density at radius 1 is 1.50 bits per heavy atom. The number of hydrogen-bond donors (Lipinski definition) is 0. The number of methoxy groups -OCH3 is 1. The molecule has 1 atom stereocenters. The molecular weight excluding hydrogens is 232 g/mol. The van der Waals surface area contributed by atoms with Gasteiger partial charge in [0.25, 0.3) is 5.91 Å². The van der Waals surface area contributed by atoms with Gasteiger partial charge in [-0.3, -0.25) is 9.78 Å². The Hall–Kier alpha value is -1.91. The summed E-state index contributed by atoms with van der Waals surface area (Å²) >= 11 is 0. The fourth-order valence-corrected chi connectivity index (χ4v) is 2.25. The standard InChI is InChI=1S/C13H16N2O3/c1-8(2)11(13(17)18-3)15-7-9-5-4-6-14-10(9)12(15)16/h4-6,8,11H,7H2,1-3H3. The normalized spacial score (nSPS) is 15.8. The molecular formula is C13H16N2O3. The Kier molecular flexibility index (Phi) is 3.32. The van der Waals surface area contributed by atoms with E-state index in [2.05, 4.69) is 4.98 Å². The molecule has 0 saturated carbocycles. The summed E-state index contributed by atoms with van der Waals surface area (Å²) < 4.78 is 4.78. The Labute approximate surface area is 106 Å². The molecule has 5 heteroatoms. The van der Waals surface area contributed by atoms with Gasteiger partial charge in [-0.2, -0.15) is 0 Å². The minimum absolute atomic E-state index is 0.00397. The summed E-state index contributed by atoms with van der Waals surface area (Å²) in [5.74, 6) is -0.587. The first-order valence-corrected chi connectivity index (χ1v) is 5.89. The van der Waals surface area contributed by atoms with Crippen molar-refractivity contribution in [2.75, 3.05) is 7.11 Å². The van der Waals surface area contributed by atoms with Crippen molar-refractivity contribution in [3.8, 4) is 0 Å². The maximum Gasteiger partial charge on any atom is 0.328 e. The molecule has 5 nitrogen and oxygen atoms in total. The predicted molar refractivity (Wildman–Crippen MR) is 64.8 cm³/mol. The van der Waals surface area contributed by atoms with Gasteiger partial charge in [-0.05, 0) is 12.0 Å². The van der Waals surface area contributed by atoms with Crippen LogP contribution in [-0.4, -0.2) is 34.9 Å². The molecule has 1 aromatic rings. The van der Waals surface area contributed by atoms with E-state index >= 15 is 0 Å². The first-order valence-electron chi connectivity index (χ1n) is 5.89. The van der Waals surface area contributed by atoms with E-state index in [1.165, 1.54) is 12.0 Å². The minimum atomic E-state index is -0.559. The topological polar surface area (TPSA) is 59.5 Å². The van der Waals surface area contributed by atoms with Crippen LogP contribution in [0, 0.1) is 5.92 Å². The first-order chi connectivity index (χ1) is 8.56. The third kappa shape index (κ3) is 1.96. The first kappa shape index (κ1) is 12.5. The predicted octanol–water partition coefficient (Wildman–Crippen LogP) is 1.24. The summed E-state index contributed by atoms with van der Waals surface area (Å²) in [6.45, 7) is 4.20. The highest BCUT2D eigenvalue weighted by Crippen LogP contribution is 2.25. The van der Waals surface area contributed by atoms with E-state index in [1.54, 1.807) is 12.3 Å². The highest BCUT2D eigenvalue weighted by molar-refractivity contribution is 5.98. The third-order valence-electron chi connectivity index (χ3n) is 3.11. The molecule has 0 spiro atoms. The van der Waals surface area contributed by atoms with Crippen LogP contribution in [0.2, 0.25) is 0 Å². The lowest BCUT2D eigenvalue weighted by atomic mass is 10.0. The molecule has 0 radical (unpaired) electrons. The summed E-state index contributed by atoms with van der Waals surface area (Å²) in [5.41, 5.74) is 1.30.